The number of nitrogens with zero attached hydrogens (tertiary/aromatic N) is 1. The average Bonchev–Trinajstić information content (AvgIpc) is 3.39. The summed E-state index contributed by atoms with van der Waals surface area (Å²) >= 11 is -2.07. The van der Waals surface area contributed by atoms with Crippen LogP contribution in [-0.4, -0.2) is 45.5 Å². The number of aliphatic hydroxyl groups is 1. The third-order valence-corrected chi connectivity index (χ3v) is 8.24. The third kappa shape index (κ3) is 4.04. The van der Waals surface area contributed by atoms with Gasteiger partial charge >= 0.3 is 0 Å². The summed E-state index contributed by atoms with van der Waals surface area (Å²) in [7, 11) is 1.34. The summed E-state index contributed by atoms with van der Waals surface area (Å²) < 4.78 is 20.5. The van der Waals surface area contributed by atoms with Gasteiger partial charge < -0.3 is 14.6 Å². The van der Waals surface area contributed by atoms with Crippen LogP contribution in [0.15, 0.2) is 78.9 Å². The molecule has 6 rings (SSSR count). The van der Waals surface area contributed by atoms with Crippen molar-refractivity contribution >= 4 is 11.3 Å². The number of hydrogen-bond acceptors (Lipinski definition) is 4. The predicted molar refractivity (Wildman–Crippen MR) is 134 cm³/mol. The van der Waals surface area contributed by atoms with E-state index >= 15 is 0 Å². The normalized spacial score (nSPS) is 25.1. The summed E-state index contributed by atoms with van der Waals surface area (Å²) in [5.74, 6) is 0.549. The number of likely N-dealkylation sites (tertiary alicyclic amines) is 1. The molecule has 1 atom stereocenters. The van der Waals surface area contributed by atoms with Crippen LogP contribution in [0.1, 0.15) is 53.0 Å². The van der Waals surface area contributed by atoms with Crippen LogP contribution in [-0.2, 0) is 22.3 Å². The highest BCUT2D eigenvalue weighted by atomic mass is 32.2. The van der Waals surface area contributed by atoms with Gasteiger partial charge in [0.15, 0.2) is 0 Å². The highest BCUT2D eigenvalue weighted by molar-refractivity contribution is 7.77. The number of hydrogen-bond donors (Lipinski definition) is 2. The summed E-state index contributed by atoms with van der Waals surface area (Å²) in [5.41, 5.74) is 6.63. The van der Waals surface area contributed by atoms with Crippen LogP contribution in [0.25, 0.3) is 0 Å². The first-order valence-corrected chi connectivity index (χ1v) is 13.0. The topological polar surface area (TPSA) is 75.6 Å². The van der Waals surface area contributed by atoms with E-state index < -0.39 is 16.9 Å². The van der Waals surface area contributed by atoms with Crippen LogP contribution in [0.4, 0.5) is 0 Å². The first-order valence-electron chi connectivity index (χ1n) is 11.9. The Balaban J connectivity index is 0.000000439. The molecule has 3 aromatic rings. The van der Waals surface area contributed by atoms with E-state index in [0.29, 0.717) is 5.92 Å². The van der Waals surface area contributed by atoms with E-state index in [9.17, 15) is 13.9 Å². The first kappa shape index (κ1) is 23.4. The molecule has 34 heavy (non-hydrogen) atoms. The van der Waals surface area contributed by atoms with Crippen LogP contribution >= 0.6 is 0 Å². The van der Waals surface area contributed by atoms with E-state index in [0.717, 1.165) is 38.0 Å². The van der Waals surface area contributed by atoms with E-state index in [-0.39, 0.29) is 5.41 Å². The van der Waals surface area contributed by atoms with E-state index in [2.05, 4.69) is 65.6 Å². The second kappa shape index (κ2) is 9.36. The fraction of sp³-hybridized carbons (Fsp3) is 0.357. The Hall–Kier alpha value is -2.35. The predicted octanol–water partition coefficient (Wildman–Crippen LogP) is 3.81. The van der Waals surface area contributed by atoms with Crippen LogP contribution in [0.3, 0.4) is 0 Å². The van der Waals surface area contributed by atoms with Crippen LogP contribution in [0, 0.1) is 0 Å². The average molecular weight is 476 g/mol. The lowest BCUT2D eigenvalue weighted by molar-refractivity contribution is -0.0289. The molecule has 0 aromatic heterocycles. The van der Waals surface area contributed by atoms with Gasteiger partial charge in [-0.1, -0.05) is 78.9 Å². The van der Waals surface area contributed by atoms with Gasteiger partial charge in [0.25, 0.3) is 0 Å². The second-order valence-electron chi connectivity index (χ2n) is 9.63. The van der Waals surface area contributed by atoms with Crippen molar-refractivity contribution < 1.29 is 13.9 Å². The van der Waals surface area contributed by atoms with E-state index in [1.165, 1.54) is 35.7 Å². The lowest BCUT2D eigenvalue weighted by Crippen LogP contribution is -2.47. The molecular formula is C28H31N2O3S-. The molecule has 0 saturated carbocycles. The van der Waals surface area contributed by atoms with Crippen molar-refractivity contribution in [1.29, 1.82) is 0 Å². The maximum absolute atomic E-state index is 11.2. The van der Waals surface area contributed by atoms with Gasteiger partial charge in [0.2, 0.25) is 0 Å². The first-order chi connectivity index (χ1) is 16.5. The monoisotopic (exact) mass is 475 g/mol. The molecule has 0 amide bonds. The molecule has 1 aliphatic heterocycles. The van der Waals surface area contributed by atoms with Crippen molar-refractivity contribution in [3.8, 4) is 0 Å². The zero-order valence-electron chi connectivity index (χ0n) is 19.4. The quantitative estimate of drug-likeness (QED) is 0.563. The van der Waals surface area contributed by atoms with Gasteiger partial charge in [-0.2, -0.15) is 0 Å². The third-order valence-electron chi connectivity index (χ3n) is 7.91. The molecule has 1 heterocycles. The lowest BCUT2D eigenvalue weighted by atomic mass is 9.74. The summed E-state index contributed by atoms with van der Waals surface area (Å²) in [6.07, 6.45) is 2.81. The molecule has 2 N–H and O–H groups in total. The van der Waals surface area contributed by atoms with Crippen LogP contribution in [0.5, 0.6) is 0 Å². The molecular weight excluding hydrogens is 444 g/mol. The zero-order chi connectivity index (χ0) is 23.8. The van der Waals surface area contributed by atoms with Gasteiger partial charge in [0.1, 0.15) is 0 Å². The molecule has 0 spiro atoms. The Labute approximate surface area is 204 Å². The Kier molecular flexibility index (Phi) is 6.44. The molecule has 3 aliphatic rings. The molecule has 1 saturated heterocycles. The molecule has 5 nitrogen and oxygen atoms in total. The Morgan fingerprint density at radius 3 is 1.97 bits per heavy atom. The fourth-order valence-electron chi connectivity index (χ4n) is 6.31. The minimum Gasteiger partial charge on any atom is -0.760 e. The van der Waals surface area contributed by atoms with Gasteiger partial charge in [-0.3, -0.25) is 8.93 Å². The number of piperidine rings is 1. The van der Waals surface area contributed by atoms with E-state index in [4.69, 9.17) is 0 Å². The molecule has 3 aromatic carbocycles. The maximum atomic E-state index is 11.2. The summed E-state index contributed by atoms with van der Waals surface area (Å²) in [6.45, 7) is 2.95. The van der Waals surface area contributed by atoms with Crippen molar-refractivity contribution in [3.63, 3.8) is 0 Å². The Bertz CT molecular complexity index is 1130. The second-order valence-corrected chi connectivity index (χ2v) is 10.5. The van der Waals surface area contributed by atoms with Gasteiger partial charge in [0.05, 0.1) is 5.60 Å². The molecule has 1 fully saturated rings. The fourth-order valence-corrected chi connectivity index (χ4v) is 6.31. The minimum atomic E-state index is -2.07. The molecule has 1 unspecified atom stereocenters. The summed E-state index contributed by atoms with van der Waals surface area (Å²) in [5, 5.41) is 11.2. The SMILES string of the molecule is CNS(=O)[O-].OC1(c2ccccc2)CCN(CC23CC(c4ccccc42)c2ccccc23)CC1. The zero-order valence-corrected chi connectivity index (χ0v) is 20.3. The van der Waals surface area contributed by atoms with Gasteiger partial charge in [-0.05, 0) is 54.1 Å². The largest absolute Gasteiger partial charge is 0.760 e. The van der Waals surface area contributed by atoms with Crippen molar-refractivity contribution in [2.45, 2.75) is 36.2 Å². The van der Waals surface area contributed by atoms with Crippen LogP contribution in [0.2, 0.25) is 0 Å². The maximum Gasteiger partial charge on any atom is 0.0920 e. The van der Waals surface area contributed by atoms with Crippen LogP contribution < -0.4 is 4.72 Å². The molecule has 6 heteroatoms. The molecule has 178 valence electrons. The Morgan fingerprint density at radius 2 is 1.44 bits per heavy atom. The van der Waals surface area contributed by atoms with E-state index in [1.807, 2.05) is 22.9 Å². The lowest BCUT2D eigenvalue weighted by Gasteiger charge is -2.42. The molecule has 2 aliphatic carbocycles. The summed E-state index contributed by atoms with van der Waals surface area (Å²) in [6, 6.07) is 28.4. The smallest absolute Gasteiger partial charge is 0.0920 e. The van der Waals surface area contributed by atoms with E-state index in [1.54, 1.807) is 0 Å². The number of nitrogens with one attached hydrogen (secondary N) is 1. The molecule has 0 radical (unpaired) electrons. The number of benzene rings is 3. The van der Waals surface area contributed by atoms with Gasteiger partial charge in [0, 0.05) is 42.2 Å². The number of fused-ring (bicyclic) bond motifs is 8. The molecule has 2 bridgehead atoms. The van der Waals surface area contributed by atoms with Crippen molar-refractivity contribution in [2.24, 2.45) is 0 Å². The highest BCUT2D eigenvalue weighted by Gasteiger charge is 2.53. The van der Waals surface area contributed by atoms with Gasteiger partial charge in [-0.25, -0.2) is 0 Å². The van der Waals surface area contributed by atoms with Crippen molar-refractivity contribution in [1.82, 2.24) is 9.62 Å². The highest BCUT2D eigenvalue weighted by Crippen LogP contribution is 2.60. The Morgan fingerprint density at radius 1 is 0.941 bits per heavy atom. The van der Waals surface area contributed by atoms with Crippen molar-refractivity contribution in [2.75, 3.05) is 26.7 Å². The van der Waals surface area contributed by atoms with Crippen molar-refractivity contribution in [3.05, 3.63) is 107 Å². The van der Waals surface area contributed by atoms with Gasteiger partial charge in [-0.15, -0.1) is 0 Å². The number of rotatable bonds is 4. The standard InChI is InChI=1S/C27H27NO.CH5NO2S/c29-27(20-8-2-1-3-9-20)14-16-28(17-15-27)19-26-18-23(21-10-4-6-12-24(21)26)22-11-5-7-13-25(22)26;1-2-5(3)4/h1-13,23,29H,14-19H2;2H,1H3,(H,3,4)/p-1. The summed E-state index contributed by atoms with van der Waals surface area (Å²) in [4.78, 5) is 2.60. The minimum absolute atomic E-state index is 0.111.